The molecule has 4 heteroatoms. The van der Waals surface area contributed by atoms with Gasteiger partial charge in [-0.2, -0.15) is 4.89 Å². The number of Topliss-reactive ketones (excluding diaryl/α,β-unsaturated/α-hetero) is 1. The van der Waals surface area contributed by atoms with Gasteiger partial charge in [0.25, 0.3) is 0 Å². The van der Waals surface area contributed by atoms with Crippen molar-refractivity contribution < 1.29 is 19.7 Å². The van der Waals surface area contributed by atoms with E-state index in [1.165, 1.54) is 13.8 Å². The van der Waals surface area contributed by atoms with E-state index >= 15 is 0 Å². The van der Waals surface area contributed by atoms with E-state index in [1.807, 2.05) is 37.3 Å². The average molecular weight is 250 g/mol. The molecule has 1 aromatic rings. The summed E-state index contributed by atoms with van der Waals surface area (Å²) in [4.78, 5) is 22.0. The number of hydrogen-bond acceptors (Lipinski definition) is 4. The maximum atomic E-state index is 11.6. The minimum atomic E-state index is -1.57. The maximum Gasteiger partial charge on any atom is 0.206 e. The summed E-state index contributed by atoms with van der Waals surface area (Å²) in [6.07, 6.45) is 0.388. The van der Waals surface area contributed by atoms with Crippen molar-refractivity contribution in [2.75, 3.05) is 0 Å². The Hall–Kier alpha value is -1.23. The van der Waals surface area contributed by atoms with Crippen molar-refractivity contribution in [1.29, 1.82) is 0 Å². The van der Waals surface area contributed by atoms with Gasteiger partial charge in [0.2, 0.25) is 5.79 Å². The van der Waals surface area contributed by atoms with Crippen LogP contribution in [0.1, 0.15) is 32.8 Å². The fourth-order valence-electron chi connectivity index (χ4n) is 2.32. The summed E-state index contributed by atoms with van der Waals surface area (Å²) in [5, 5.41) is 10.0. The van der Waals surface area contributed by atoms with Crippen molar-refractivity contribution in [3.8, 4) is 0 Å². The summed E-state index contributed by atoms with van der Waals surface area (Å²) >= 11 is 0. The molecule has 1 aromatic carbocycles. The second-order valence-corrected chi connectivity index (χ2v) is 5.19. The summed E-state index contributed by atoms with van der Waals surface area (Å²) in [6.45, 7) is 4.76. The highest BCUT2D eigenvalue weighted by molar-refractivity contribution is 5.79. The van der Waals surface area contributed by atoms with E-state index < -0.39 is 17.3 Å². The number of carbonyl (C=O) groups is 1. The van der Waals surface area contributed by atoms with Crippen LogP contribution in [0.4, 0.5) is 0 Å². The number of hydrogen-bond donors (Lipinski definition) is 1. The molecular formula is C14H18O4. The lowest BCUT2D eigenvalue weighted by Gasteiger charge is -2.43. The van der Waals surface area contributed by atoms with E-state index in [-0.39, 0.29) is 5.78 Å². The van der Waals surface area contributed by atoms with Gasteiger partial charge in [-0.1, -0.05) is 30.3 Å². The van der Waals surface area contributed by atoms with Crippen LogP contribution in [0.15, 0.2) is 30.3 Å². The molecule has 0 spiro atoms. The van der Waals surface area contributed by atoms with Crippen LogP contribution in [0.3, 0.4) is 0 Å². The van der Waals surface area contributed by atoms with E-state index in [1.54, 1.807) is 0 Å². The summed E-state index contributed by atoms with van der Waals surface area (Å²) < 4.78 is 0. The zero-order valence-corrected chi connectivity index (χ0v) is 10.8. The quantitative estimate of drug-likeness (QED) is 0.817. The van der Waals surface area contributed by atoms with Gasteiger partial charge in [0, 0.05) is 0 Å². The second-order valence-electron chi connectivity index (χ2n) is 5.19. The lowest BCUT2D eigenvalue weighted by Crippen LogP contribution is -2.51. The molecule has 1 saturated heterocycles. The molecule has 18 heavy (non-hydrogen) atoms. The van der Waals surface area contributed by atoms with Crippen molar-refractivity contribution >= 4 is 5.78 Å². The Morgan fingerprint density at radius 2 is 1.89 bits per heavy atom. The van der Waals surface area contributed by atoms with Crippen LogP contribution in [-0.4, -0.2) is 16.7 Å². The Morgan fingerprint density at radius 1 is 1.28 bits per heavy atom. The molecule has 0 bridgehead atoms. The molecule has 3 atom stereocenters. The zero-order chi connectivity index (χ0) is 13.4. The van der Waals surface area contributed by atoms with Crippen LogP contribution in [0.5, 0.6) is 0 Å². The van der Waals surface area contributed by atoms with Crippen molar-refractivity contribution in [2.45, 2.75) is 38.6 Å². The van der Waals surface area contributed by atoms with Crippen LogP contribution < -0.4 is 0 Å². The van der Waals surface area contributed by atoms with Crippen LogP contribution in [0, 0.1) is 5.92 Å². The molecular weight excluding hydrogens is 232 g/mol. The predicted octanol–water partition coefficient (Wildman–Crippen LogP) is 2.17. The molecule has 0 aliphatic carbocycles. The van der Waals surface area contributed by atoms with Crippen molar-refractivity contribution in [2.24, 2.45) is 5.92 Å². The fourth-order valence-corrected chi connectivity index (χ4v) is 2.32. The standard InChI is InChI=1S/C14H18O4/c1-10(15)12-9-13(2,17-18-14(12,3)16)11-7-5-4-6-8-11/h4-8,12,16H,9H2,1-3H3. The van der Waals surface area contributed by atoms with Crippen molar-refractivity contribution in [3.05, 3.63) is 35.9 Å². The number of carbonyl (C=O) groups excluding carboxylic acids is 1. The molecule has 3 unspecified atom stereocenters. The maximum absolute atomic E-state index is 11.6. The third-order valence-corrected chi connectivity index (χ3v) is 3.51. The first kappa shape index (κ1) is 13.2. The molecule has 2 rings (SSSR count). The highest BCUT2D eigenvalue weighted by Gasteiger charge is 2.49. The Bertz CT molecular complexity index is 440. The van der Waals surface area contributed by atoms with Gasteiger partial charge >= 0.3 is 0 Å². The van der Waals surface area contributed by atoms with Crippen LogP contribution >= 0.6 is 0 Å². The first-order valence-electron chi connectivity index (χ1n) is 6.00. The topological polar surface area (TPSA) is 55.8 Å². The Labute approximate surface area is 106 Å². The zero-order valence-electron chi connectivity index (χ0n) is 10.8. The lowest BCUT2D eigenvalue weighted by molar-refractivity contribution is -0.492. The van der Waals surface area contributed by atoms with Gasteiger partial charge in [-0.3, -0.25) is 4.79 Å². The van der Waals surface area contributed by atoms with Gasteiger partial charge < -0.3 is 5.11 Å². The summed E-state index contributed by atoms with van der Waals surface area (Å²) in [7, 11) is 0. The van der Waals surface area contributed by atoms with E-state index in [9.17, 15) is 9.90 Å². The molecule has 1 N–H and O–H groups in total. The second kappa shape index (κ2) is 4.46. The molecule has 1 heterocycles. The summed E-state index contributed by atoms with van der Waals surface area (Å²) in [6, 6.07) is 9.55. The van der Waals surface area contributed by atoms with Gasteiger partial charge in [0.05, 0.1) is 5.92 Å². The van der Waals surface area contributed by atoms with Gasteiger partial charge in [-0.15, -0.1) is 0 Å². The number of aliphatic hydroxyl groups is 1. The Balaban J connectivity index is 2.30. The summed E-state index contributed by atoms with van der Waals surface area (Å²) in [5.74, 6) is -2.28. The average Bonchev–Trinajstić information content (AvgIpc) is 2.33. The lowest BCUT2D eigenvalue weighted by atomic mass is 9.80. The van der Waals surface area contributed by atoms with E-state index in [0.29, 0.717) is 6.42 Å². The fraction of sp³-hybridized carbons (Fsp3) is 0.500. The van der Waals surface area contributed by atoms with Gasteiger partial charge in [0.15, 0.2) is 0 Å². The number of rotatable bonds is 2. The van der Waals surface area contributed by atoms with E-state index in [4.69, 9.17) is 9.78 Å². The molecule has 98 valence electrons. The number of benzene rings is 1. The molecule has 1 aliphatic heterocycles. The van der Waals surface area contributed by atoms with Crippen LogP contribution in [0.25, 0.3) is 0 Å². The van der Waals surface area contributed by atoms with Crippen LogP contribution in [-0.2, 0) is 20.2 Å². The predicted molar refractivity (Wildman–Crippen MR) is 65.4 cm³/mol. The molecule has 0 amide bonds. The Kier molecular flexibility index (Phi) is 3.27. The highest BCUT2D eigenvalue weighted by atomic mass is 17.2. The minimum Gasteiger partial charge on any atom is -0.363 e. The Morgan fingerprint density at radius 3 is 2.44 bits per heavy atom. The monoisotopic (exact) mass is 250 g/mol. The molecule has 1 fully saturated rings. The smallest absolute Gasteiger partial charge is 0.206 e. The molecule has 1 aliphatic rings. The molecule has 0 saturated carbocycles. The van der Waals surface area contributed by atoms with Crippen molar-refractivity contribution in [1.82, 2.24) is 0 Å². The van der Waals surface area contributed by atoms with E-state index in [2.05, 4.69) is 0 Å². The largest absolute Gasteiger partial charge is 0.363 e. The number of ketones is 1. The van der Waals surface area contributed by atoms with Crippen LogP contribution in [0.2, 0.25) is 0 Å². The highest BCUT2D eigenvalue weighted by Crippen LogP contribution is 2.42. The molecule has 0 aromatic heterocycles. The van der Waals surface area contributed by atoms with Crippen molar-refractivity contribution in [3.63, 3.8) is 0 Å². The molecule has 0 radical (unpaired) electrons. The first-order valence-corrected chi connectivity index (χ1v) is 6.00. The third kappa shape index (κ3) is 2.32. The van der Waals surface area contributed by atoms with E-state index in [0.717, 1.165) is 5.56 Å². The normalized spacial score (nSPS) is 36.3. The van der Waals surface area contributed by atoms with Gasteiger partial charge in [-0.25, -0.2) is 4.89 Å². The molecule has 4 nitrogen and oxygen atoms in total. The summed E-state index contributed by atoms with van der Waals surface area (Å²) in [5.41, 5.74) is 0.201. The van der Waals surface area contributed by atoms with Gasteiger partial charge in [0.1, 0.15) is 11.4 Å². The third-order valence-electron chi connectivity index (χ3n) is 3.51. The first-order chi connectivity index (χ1) is 8.35. The van der Waals surface area contributed by atoms with Gasteiger partial charge in [-0.05, 0) is 32.8 Å². The SMILES string of the molecule is CC(=O)C1CC(C)(c2ccccc2)OOC1(C)O. The minimum absolute atomic E-state index is 0.106.